The molecule has 1 atom stereocenters. The number of carbonyl (C=O) groups is 1. The maximum absolute atomic E-state index is 12.8. The molecule has 0 amide bonds. The van der Waals surface area contributed by atoms with Crippen LogP contribution in [0.15, 0.2) is 33.9 Å². The summed E-state index contributed by atoms with van der Waals surface area (Å²) in [5, 5.41) is 9.00. The number of ether oxygens (including phenoxy) is 1. The van der Waals surface area contributed by atoms with Gasteiger partial charge >= 0.3 is 0 Å². The molecule has 4 bridgehead atoms. The van der Waals surface area contributed by atoms with E-state index >= 15 is 0 Å². The molecule has 0 unspecified atom stereocenters. The van der Waals surface area contributed by atoms with Crippen LogP contribution in [-0.4, -0.2) is 27.8 Å². The van der Waals surface area contributed by atoms with Crippen LogP contribution in [0.1, 0.15) is 68.6 Å². The second kappa shape index (κ2) is 7.46. The normalized spacial score (nSPS) is 31.0. The number of benzene rings is 1. The lowest BCUT2D eigenvalue weighted by Crippen LogP contribution is -2.48. The minimum absolute atomic E-state index is 0.0626. The third kappa shape index (κ3) is 3.60. The van der Waals surface area contributed by atoms with E-state index in [9.17, 15) is 4.79 Å². The molecular formula is C23H28N2O3S. The first-order valence-electron chi connectivity index (χ1n) is 10.8. The van der Waals surface area contributed by atoms with Crippen LogP contribution >= 0.6 is 11.8 Å². The standard InChI is InChI=1S/C23H28N2O3S/c1-3-27-19-6-4-18(5-7-19)20(26)14(2)29-22-25-24-21(28-22)23-11-15-8-16(12-23)10-17(9-15)13-23/h4-7,14-17H,3,8-13H2,1-2H3/t14-,15?,16?,17?,23?/m0/s1. The first-order valence-corrected chi connectivity index (χ1v) is 11.7. The lowest BCUT2D eigenvalue weighted by atomic mass is 9.49. The van der Waals surface area contributed by atoms with Crippen LogP contribution in [-0.2, 0) is 5.41 Å². The lowest BCUT2D eigenvalue weighted by Gasteiger charge is -2.55. The average molecular weight is 413 g/mol. The number of aromatic nitrogens is 2. The molecule has 6 rings (SSSR count). The van der Waals surface area contributed by atoms with E-state index in [-0.39, 0.29) is 16.4 Å². The zero-order valence-electron chi connectivity index (χ0n) is 17.1. The number of carbonyl (C=O) groups excluding carboxylic acids is 1. The van der Waals surface area contributed by atoms with Crippen LogP contribution in [0.4, 0.5) is 0 Å². The van der Waals surface area contributed by atoms with E-state index in [1.54, 1.807) is 0 Å². The zero-order valence-corrected chi connectivity index (χ0v) is 17.9. The van der Waals surface area contributed by atoms with E-state index in [0.29, 0.717) is 17.4 Å². The Hall–Kier alpha value is -1.82. The summed E-state index contributed by atoms with van der Waals surface area (Å²) >= 11 is 1.36. The third-order valence-electron chi connectivity index (χ3n) is 7.00. The molecule has 0 aliphatic heterocycles. The fourth-order valence-corrected chi connectivity index (χ4v) is 6.93. The largest absolute Gasteiger partial charge is 0.494 e. The molecule has 1 aromatic heterocycles. The van der Waals surface area contributed by atoms with E-state index in [1.165, 1.54) is 50.3 Å². The van der Waals surface area contributed by atoms with E-state index in [2.05, 4.69) is 10.2 Å². The maximum Gasteiger partial charge on any atom is 0.277 e. The van der Waals surface area contributed by atoms with Gasteiger partial charge in [0.1, 0.15) is 5.75 Å². The van der Waals surface area contributed by atoms with Gasteiger partial charge in [-0.15, -0.1) is 10.2 Å². The molecule has 0 spiro atoms. The molecule has 0 radical (unpaired) electrons. The Morgan fingerprint density at radius 3 is 2.34 bits per heavy atom. The summed E-state index contributed by atoms with van der Waals surface area (Å²) in [5.74, 6) is 4.17. The van der Waals surface area contributed by atoms with Crippen molar-refractivity contribution in [2.24, 2.45) is 17.8 Å². The van der Waals surface area contributed by atoms with E-state index < -0.39 is 0 Å². The van der Waals surface area contributed by atoms with Crippen molar-refractivity contribution in [3.63, 3.8) is 0 Å². The molecule has 6 heteroatoms. The summed E-state index contributed by atoms with van der Waals surface area (Å²) in [6, 6.07) is 7.32. The van der Waals surface area contributed by atoms with Gasteiger partial charge in [0.05, 0.1) is 11.9 Å². The van der Waals surface area contributed by atoms with Gasteiger partial charge in [0.15, 0.2) is 5.78 Å². The van der Waals surface area contributed by atoms with Crippen LogP contribution in [0.3, 0.4) is 0 Å². The number of hydrogen-bond acceptors (Lipinski definition) is 6. The summed E-state index contributed by atoms with van der Waals surface area (Å²) in [6.07, 6.45) is 7.78. The highest BCUT2D eigenvalue weighted by atomic mass is 32.2. The smallest absolute Gasteiger partial charge is 0.277 e. The molecule has 0 N–H and O–H groups in total. The molecule has 4 aliphatic carbocycles. The first kappa shape index (κ1) is 19.2. The minimum Gasteiger partial charge on any atom is -0.494 e. The highest BCUT2D eigenvalue weighted by Crippen LogP contribution is 2.60. The number of hydrogen-bond donors (Lipinski definition) is 0. The molecule has 4 aliphatic rings. The quantitative estimate of drug-likeness (QED) is 0.454. The van der Waals surface area contributed by atoms with Crippen LogP contribution in [0.5, 0.6) is 5.75 Å². The number of ketones is 1. The monoisotopic (exact) mass is 412 g/mol. The van der Waals surface area contributed by atoms with Crippen molar-refractivity contribution >= 4 is 17.5 Å². The van der Waals surface area contributed by atoms with Crippen molar-refractivity contribution < 1.29 is 13.9 Å². The molecule has 4 saturated carbocycles. The highest BCUT2D eigenvalue weighted by molar-refractivity contribution is 8.00. The number of nitrogens with zero attached hydrogens (tertiary/aromatic N) is 2. The zero-order chi connectivity index (χ0) is 20.0. The molecule has 1 heterocycles. The van der Waals surface area contributed by atoms with Gasteiger partial charge in [0.2, 0.25) is 5.89 Å². The molecule has 5 nitrogen and oxygen atoms in total. The van der Waals surface area contributed by atoms with Crippen LogP contribution in [0.2, 0.25) is 0 Å². The average Bonchev–Trinajstić information content (AvgIpc) is 3.17. The van der Waals surface area contributed by atoms with Gasteiger partial charge in [0, 0.05) is 11.0 Å². The van der Waals surface area contributed by atoms with E-state index in [0.717, 1.165) is 29.4 Å². The Bertz CT molecular complexity index is 856. The molecule has 0 saturated heterocycles. The van der Waals surface area contributed by atoms with Crippen molar-refractivity contribution in [3.8, 4) is 5.75 Å². The highest BCUT2D eigenvalue weighted by Gasteiger charge is 2.54. The Labute approximate surface area is 176 Å². The predicted octanol–water partition coefficient (Wildman–Crippen LogP) is 5.30. The SMILES string of the molecule is CCOc1ccc(C(=O)[C@H](C)Sc2nnc(C34CC5CC(CC(C5)C3)C4)o2)cc1. The molecule has 4 fully saturated rings. The number of thioether (sulfide) groups is 1. The van der Waals surface area contributed by atoms with Gasteiger partial charge < -0.3 is 9.15 Å². The van der Waals surface area contributed by atoms with Crippen LogP contribution in [0, 0.1) is 17.8 Å². The summed E-state index contributed by atoms with van der Waals surface area (Å²) < 4.78 is 11.6. The third-order valence-corrected chi connectivity index (χ3v) is 7.93. The predicted molar refractivity (Wildman–Crippen MR) is 111 cm³/mol. The second-order valence-corrected chi connectivity index (χ2v) is 10.4. The van der Waals surface area contributed by atoms with Crippen LogP contribution < -0.4 is 4.74 Å². The fourth-order valence-electron chi connectivity index (χ4n) is 6.17. The van der Waals surface area contributed by atoms with E-state index in [1.807, 2.05) is 38.1 Å². The Morgan fingerprint density at radius 2 is 1.76 bits per heavy atom. The molecular weight excluding hydrogens is 384 g/mol. The van der Waals surface area contributed by atoms with Gasteiger partial charge in [-0.3, -0.25) is 4.79 Å². The van der Waals surface area contributed by atoms with Gasteiger partial charge in [-0.1, -0.05) is 11.8 Å². The summed E-state index contributed by atoms with van der Waals surface area (Å²) in [6.45, 7) is 4.46. The van der Waals surface area contributed by atoms with Gasteiger partial charge in [-0.05, 0) is 94.4 Å². The Balaban J connectivity index is 1.27. The van der Waals surface area contributed by atoms with E-state index in [4.69, 9.17) is 9.15 Å². The minimum atomic E-state index is -0.280. The summed E-state index contributed by atoms with van der Waals surface area (Å²) in [7, 11) is 0. The molecule has 1 aromatic carbocycles. The van der Waals surface area contributed by atoms with Crippen molar-refractivity contribution in [2.75, 3.05) is 6.61 Å². The van der Waals surface area contributed by atoms with Gasteiger partial charge in [-0.2, -0.15) is 0 Å². The Kier molecular flexibility index (Phi) is 4.93. The molecule has 29 heavy (non-hydrogen) atoms. The summed E-state index contributed by atoms with van der Waals surface area (Å²) in [5.41, 5.74) is 0.775. The van der Waals surface area contributed by atoms with Crippen molar-refractivity contribution in [2.45, 2.75) is 68.3 Å². The first-order chi connectivity index (χ1) is 14.0. The van der Waals surface area contributed by atoms with Crippen molar-refractivity contribution in [3.05, 3.63) is 35.7 Å². The van der Waals surface area contributed by atoms with Crippen molar-refractivity contribution in [1.82, 2.24) is 10.2 Å². The lowest BCUT2D eigenvalue weighted by molar-refractivity contribution is -0.0191. The second-order valence-electron chi connectivity index (χ2n) is 9.15. The Morgan fingerprint density at radius 1 is 1.14 bits per heavy atom. The molecule has 154 valence electrons. The number of rotatable bonds is 7. The van der Waals surface area contributed by atoms with Gasteiger partial charge in [-0.25, -0.2) is 0 Å². The topological polar surface area (TPSA) is 65.2 Å². The van der Waals surface area contributed by atoms with Crippen LogP contribution in [0.25, 0.3) is 0 Å². The maximum atomic E-state index is 12.8. The van der Waals surface area contributed by atoms with Gasteiger partial charge in [0.25, 0.3) is 5.22 Å². The van der Waals surface area contributed by atoms with Crippen molar-refractivity contribution in [1.29, 1.82) is 0 Å². The fraction of sp³-hybridized carbons (Fsp3) is 0.609. The summed E-state index contributed by atoms with van der Waals surface area (Å²) in [4.78, 5) is 12.8. The molecule has 2 aromatic rings. The number of Topliss-reactive ketones (excluding diaryl/α,β-unsaturated/α-hetero) is 1.